The summed E-state index contributed by atoms with van der Waals surface area (Å²) in [6.07, 6.45) is 0. The van der Waals surface area contributed by atoms with Gasteiger partial charge in [0.25, 0.3) is 6.47 Å². The molecule has 4 nitrogen and oxygen atoms in total. The van der Waals surface area contributed by atoms with Gasteiger partial charge in [-0.1, -0.05) is 24.3 Å². The van der Waals surface area contributed by atoms with E-state index in [0.717, 1.165) is 11.1 Å². The first kappa shape index (κ1) is 13.8. The Morgan fingerprint density at radius 3 is 2.25 bits per heavy atom. The SMILES string of the molecule is Cc1cccc(OC=O)c1-c1c(C)cccc1C(=O)O. The van der Waals surface area contributed by atoms with Gasteiger partial charge in [0.1, 0.15) is 5.75 Å². The first-order chi connectivity index (χ1) is 9.56. The number of aryl methyl sites for hydroxylation is 2. The van der Waals surface area contributed by atoms with Gasteiger partial charge in [-0.15, -0.1) is 0 Å². The molecule has 0 fully saturated rings. The molecule has 2 aromatic carbocycles. The first-order valence-corrected chi connectivity index (χ1v) is 6.09. The maximum Gasteiger partial charge on any atom is 0.336 e. The van der Waals surface area contributed by atoms with Gasteiger partial charge < -0.3 is 9.84 Å². The average Bonchev–Trinajstić information content (AvgIpc) is 2.40. The monoisotopic (exact) mass is 270 g/mol. The van der Waals surface area contributed by atoms with Crippen LogP contribution >= 0.6 is 0 Å². The molecule has 0 atom stereocenters. The maximum atomic E-state index is 11.4. The van der Waals surface area contributed by atoms with Crippen molar-refractivity contribution in [1.82, 2.24) is 0 Å². The zero-order chi connectivity index (χ0) is 14.7. The Kier molecular flexibility index (Phi) is 3.84. The minimum atomic E-state index is -1.01. The second-order valence-electron chi connectivity index (χ2n) is 4.46. The predicted molar refractivity (Wildman–Crippen MR) is 75.0 cm³/mol. The van der Waals surface area contributed by atoms with Gasteiger partial charge >= 0.3 is 5.97 Å². The fourth-order valence-corrected chi connectivity index (χ4v) is 2.29. The third kappa shape index (κ3) is 2.40. The van der Waals surface area contributed by atoms with Crippen molar-refractivity contribution >= 4 is 12.4 Å². The highest BCUT2D eigenvalue weighted by Gasteiger charge is 2.19. The van der Waals surface area contributed by atoms with Crippen LogP contribution in [0.3, 0.4) is 0 Å². The topological polar surface area (TPSA) is 63.6 Å². The van der Waals surface area contributed by atoms with Crippen molar-refractivity contribution < 1.29 is 19.4 Å². The number of hydrogen-bond acceptors (Lipinski definition) is 3. The number of carbonyl (C=O) groups excluding carboxylic acids is 1. The van der Waals surface area contributed by atoms with E-state index in [0.29, 0.717) is 23.3 Å². The Morgan fingerprint density at radius 1 is 1.05 bits per heavy atom. The predicted octanol–water partition coefficient (Wildman–Crippen LogP) is 3.20. The molecule has 0 radical (unpaired) electrons. The summed E-state index contributed by atoms with van der Waals surface area (Å²) in [6, 6.07) is 10.3. The Labute approximate surface area is 116 Å². The van der Waals surface area contributed by atoms with Gasteiger partial charge in [0.05, 0.1) is 5.56 Å². The van der Waals surface area contributed by atoms with E-state index in [2.05, 4.69) is 0 Å². The third-order valence-electron chi connectivity index (χ3n) is 3.16. The number of rotatable bonds is 4. The van der Waals surface area contributed by atoms with Crippen molar-refractivity contribution in [2.24, 2.45) is 0 Å². The Hall–Kier alpha value is -2.62. The van der Waals surface area contributed by atoms with E-state index in [4.69, 9.17) is 4.74 Å². The summed E-state index contributed by atoms with van der Waals surface area (Å²) in [7, 11) is 0. The molecule has 1 N–H and O–H groups in total. The lowest BCUT2D eigenvalue weighted by molar-refractivity contribution is -0.120. The molecule has 0 aliphatic heterocycles. The lowest BCUT2D eigenvalue weighted by Gasteiger charge is -2.15. The summed E-state index contributed by atoms with van der Waals surface area (Å²) < 4.78 is 4.99. The van der Waals surface area contributed by atoms with Crippen LogP contribution in [0.25, 0.3) is 11.1 Å². The highest BCUT2D eigenvalue weighted by atomic mass is 16.5. The van der Waals surface area contributed by atoms with E-state index in [1.807, 2.05) is 26.0 Å². The second-order valence-corrected chi connectivity index (χ2v) is 4.46. The molecule has 0 bridgehead atoms. The number of benzene rings is 2. The molecular formula is C16H14O4. The zero-order valence-electron chi connectivity index (χ0n) is 11.2. The van der Waals surface area contributed by atoms with Crippen LogP contribution in [0.2, 0.25) is 0 Å². The lowest BCUT2D eigenvalue weighted by atomic mass is 9.91. The van der Waals surface area contributed by atoms with E-state index in [1.54, 1.807) is 24.3 Å². The van der Waals surface area contributed by atoms with Crippen molar-refractivity contribution in [1.29, 1.82) is 0 Å². The minimum absolute atomic E-state index is 0.190. The van der Waals surface area contributed by atoms with Gasteiger partial charge in [-0.2, -0.15) is 0 Å². The molecule has 4 heteroatoms. The lowest BCUT2D eigenvalue weighted by Crippen LogP contribution is -2.03. The summed E-state index contributed by atoms with van der Waals surface area (Å²) in [5.41, 5.74) is 3.07. The van der Waals surface area contributed by atoms with Crippen molar-refractivity contribution in [2.75, 3.05) is 0 Å². The molecular weight excluding hydrogens is 256 g/mol. The molecule has 0 heterocycles. The summed E-state index contributed by atoms with van der Waals surface area (Å²) in [5.74, 6) is -0.652. The molecule has 0 aromatic heterocycles. The Bertz CT molecular complexity index is 674. The van der Waals surface area contributed by atoms with Crippen LogP contribution in [-0.4, -0.2) is 17.5 Å². The normalized spacial score (nSPS) is 10.1. The van der Waals surface area contributed by atoms with Crippen LogP contribution in [-0.2, 0) is 4.79 Å². The summed E-state index contributed by atoms with van der Waals surface area (Å²) >= 11 is 0. The van der Waals surface area contributed by atoms with E-state index in [9.17, 15) is 14.7 Å². The number of hydrogen-bond donors (Lipinski definition) is 1. The molecule has 0 spiro atoms. The minimum Gasteiger partial charge on any atom is -0.478 e. The average molecular weight is 270 g/mol. The number of carboxylic acid groups (broad SMARTS) is 1. The van der Waals surface area contributed by atoms with Gasteiger partial charge in [0, 0.05) is 11.1 Å². The van der Waals surface area contributed by atoms with E-state index < -0.39 is 5.97 Å². The second kappa shape index (κ2) is 5.57. The van der Waals surface area contributed by atoms with Gasteiger partial charge in [0.15, 0.2) is 0 Å². The standard InChI is InChI=1S/C16H14O4/c1-10-5-3-7-12(16(18)19)14(10)15-11(2)6-4-8-13(15)20-9-17/h3-9H,1-2H3,(H,18,19). The van der Waals surface area contributed by atoms with Crippen molar-refractivity contribution in [2.45, 2.75) is 13.8 Å². The smallest absolute Gasteiger partial charge is 0.336 e. The molecule has 20 heavy (non-hydrogen) atoms. The highest BCUT2D eigenvalue weighted by Crippen LogP contribution is 2.37. The van der Waals surface area contributed by atoms with Gasteiger partial charge in [-0.3, -0.25) is 4.79 Å². The molecule has 0 aliphatic carbocycles. The van der Waals surface area contributed by atoms with Crippen LogP contribution in [0.1, 0.15) is 21.5 Å². The molecule has 102 valence electrons. The third-order valence-corrected chi connectivity index (χ3v) is 3.16. The van der Waals surface area contributed by atoms with Crippen molar-refractivity contribution in [3.63, 3.8) is 0 Å². The quantitative estimate of drug-likeness (QED) is 0.866. The van der Waals surface area contributed by atoms with Gasteiger partial charge in [-0.05, 0) is 37.1 Å². The molecule has 0 aliphatic rings. The van der Waals surface area contributed by atoms with Crippen LogP contribution in [0.4, 0.5) is 0 Å². The number of carboxylic acids is 1. The maximum absolute atomic E-state index is 11.4. The summed E-state index contributed by atoms with van der Waals surface area (Å²) in [5, 5.41) is 9.35. The summed E-state index contributed by atoms with van der Waals surface area (Å²) in [6.45, 7) is 4.03. The molecule has 0 unspecified atom stereocenters. The Morgan fingerprint density at radius 2 is 1.65 bits per heavy atom. The van der Waals surface area contributed by atoms with Gasteiger partial charge in [0.2, 0.25) is 0 Å². The zero-order valence-corrected chi connectivity index (χ0v) is 11.2. The van der Waals surface area contributed by atoms with Crippen LogP contribution in [0, 0.1) is 13.8 Å². The van der Waals surface area contributed by atoms with E-state index in [-0.39, 0.29) is 5.56 Å². The highest BCUT2D eigenvalue weighted by molar-refractivity contribution is 5.98. The van der Waals surface area contributed by atoms with Crippen LogP contribution < -0.4 is 4.74 Å². The van der Waals surface area contributed by atoms with Crippen LogP contribution in [0.5, 0.6) is 5.75 Å². The van der Waals surface area contributed by atoms with Crippen molar-refractivity contribution in [3.05, 3.63) is 53.1 Å². The van der Waals surface area contributed by atoms with Crippen molar-refractivity contribution in [3.8, 4) is 16.9 Å². The largest absolute Gasteiger partial charge is 0.478 e. The first-order valence-electron chi connectivity index (χ1n) is 6.09. The number of ether oxygens (including phenoxy) is 1. The molecule has 0 saturated carbocycles. The number of carbonyl (C=O) groups is 2. The molecule has 2 aromatic rings. The number of aromatic carboxylic acids is 1. The van der Waals surface area contributed by atoms with Crippen LogP contribution in [0.15, 0.2) is 36.4 Å². The molecule has 2 rings (SSSR count). The van der Waals surface area contributed by atoms with Gasteiger partial charge in [-0.25, -0.2) is 4.79 Å². The summed E-state index contributed by atoms with van der Waals surface area (Å²) in [4.78, 5) is 22.1. The van der Waals surface area contributed by atoms with E-state index in [1.165, 1.54) is 0 Å². The molecule has 0 amide bonds. The molecule has 0 saturated heterocycles. The van der Waals surface area contributed by atoms with E-state index >= 15 is 0 Å². The fraction of sp³-hybridized carbons (Fsp3) is 0.125. The Balaban J connectivity index is 2.81. The fourth-order valence-electron chi connectivity index (χ4n) is 2.29.